The number of imidazole rings is 1. The van der Waals surface area contributed by atoms with Crippen molar-refractivity contribution < 1.29 is 19.4 Å². The number of nitrogens with zero attached hydrogens (tertiary/aromatic N) is 3. The summed E-state index contributed by atoms with van der Waals surface area (Å²) in [5, 5.41) is 9.49. The van der Waals surface area contributed by atoms with E-state index in [4.69, 9.17) is 10.5 Å². The normalized spacial score (nSPS) is 22.4. The number of aliphatic carboxylic acids is 1. The van der Waals surface area contributed by atoms with Crippen LogP contribution in [0, 0.1) is 5.92 Å². The molecule has 2 aliphatic heterocycles. The van der Waals surface area contributed by atoms with Crippen LogP contribution >= 0.6 is 0 Å². The number of amides is 2. The van der Waals surface area contributed by atoms with Gasteiger partial charge in [0.1, 0.15) is 5.92 Å². The Morgan fingerprint density at radius 1 is 1.41 bits per heavy atom. The zero-order valence-corrected chi connectivity index (χ0v) is 12.3. The maximum Gasteiger partial charge on any atom is 0.315 e. The summed E-state index contributed by atoms with van der Waals surface area (Å²) >= 11 is 0. The summed E-state index contributed by atoms with van der Waals surface area (Å²) in [5.41, 5.74) is 6.62. The van der Waals surface area contributed by atoms with Gasteiger partial charge in [0, 0.05) is 26.3 Å². The van der Waals surface area contributed by atoms with E-state index in [2.05, 4.69) is 4.98 Å². The molecule has 0 saturated carbocycles. The van der Waals surface area contributed by atoms with Gasteiger partial charge in [-0.1, -0.05) is 0 Å². The smallest absolute Gasteiger partial charge is 0.315 e. The average molecular weight is 308 g/mol. The first kappa shape index (κ1) is 14.8. The summed E-state index contributed by atoms with van der Waals surface area (Å²) in [4.78, 5) is 28.6. The van der Waals surface area contributed by atoms with Crippen molar-refractivity contribution in [2.24, 2.45) is 11.7 Å². The van der Waals surface area contributed by atoms with Crippen LogP contribution in [0.2, 0.25) is 0 Å². The van der Waals surface area contributed by atoms with Crippen LogP contribution in [0.25, 0.3) is 0 Å². The van der Waals surface area contributed by atoms with E-state index in [0.717, 1.165) is 32.6 Å². The van der Waals surface area contributed by atoms with Gasteiger partial charge in [-0.05, 0) is 18.8 Å². The SMILES string of the molecule is NC(=O)N1Cc2ncn(CC3CCOCC3)c2[C@H](C(=O)O)C1. The quantitative estimate of drug-likeness (QED) is 0.838. The minimum atomic E-state index is -0.957. The molecule has 120 valence electrons. The van der Waals surface area contributed by atoms with Gasteiger partial charge in [-0.15, -0.1) is 0 Å². The highest BCUT2D eigenvalue weighted by Gasteiger charge is 2.36. The van der Waals surface area contributed by atoms with Gasteiger partial charge in [-0.3, -0.25) is 4.79 Å². The molecule has 1 aromatic heterocycles. The largest absolute Gasteiger partial charge is 0.481 e. The van der Waals surface area contributed by atoms with Crippen molar-refractivity contribution in [1.82, 2.24) is 14.5 Å². The summed E-state index contributed by atoms with van der Waals surface area (Å²) in [6.07, 6.45) is 3.62. The van der Waals surface area contributed by atoms with Crippen LogP contribution in [-0.4, -0.2) is 51.3 Å². The molecule has 8 heteroatoms. The Hall–Kier alpha value is -2.09. The molecule has 1 aromatic rings. The highest BCUT2D eigenvalue weighted by Crippen LogP contribution is 2.29. The molecule has 3 heterocycles. The summed E-state index contributed by atoms with van der Waals surface area (Å²) in [5.74, 6) is -1.27. The standard InChI is InChI=1S/C14H20N4O4/c15-14(21)17-6-10(13(19)20)12-11(7-17)16-8-18(12)5-9-1-3-22-4-2-9/h8-10H,1-7H2,(H2,15,21)(H,19,20)/t10-/m1/s1. The van der Waals surface area contributed by atoms with Gasteiger partial charge < -0.3 is 25.0 Å². The van der Waals surface area contributed by atoms with Crippen LogP contribution < -0.4 is 5.73 Å². The first-order valence-electron chi connectivity index (χ1n) is 7.45. The molecule has 8 nitrogen and oxygen atoms in total. The Bertz CT molecular complexity index is 579. The molecule has 0 aliphatic carbocycles. The number of carbonyl (C=O) groups is 2. The second kappa shape index (κ2) is 5.96. The highest BCUT2D eigenvalue weighted by molar-refractivity contribution is 5.79. The Kier molecular flexibility index (Phi) is 4.02. The van der Waals surface area contributed by atoms with E-state index in [1.54, 1.807) is 6.33 Å². The monoisotopic (exact) mass is 308 g/mol. The molecule has 2 aliphatic rings. The summed E-state index contributed by atoms with van der Waals surface area (Å²) < 4.78 is 7.29. The maximum atomic E-state index is 11.6. The first-order valence-corrected chi connectivity index (χ1v) is 7.45. The Morgan fingerprint density at radius 3 is 2.77 bits per heavy atom. The van der Waals surface area contributed by atoms with Gasteiger partial charge in [-0.2, -0.15) is 0 Å². The summed E-state index contributed by atoms with van der Waals surface area (Å²) in [6.45, 7) is 2.61. The predicted octanol–water partition coefficient (Wildman–Crippen LogP) is 0.372. The van der Waals surface area contributed by atoms with E-state index in [0.29, 0.717) is 17.3 Å². The van der Waals surface area contributed by atoms with Gasteiger partial charge in [0.2, 0.25) is 0 Å². The van der Waals surface area contributed by atoms with E-state index in [9.17, 15) is 14.7 Å². The fourth-order valence-electron chi connectivity index (χ4n) is 3.22. The number of hydrogen-bond acceptors (Lipinski definition) is 4. The van der Waals surface area contributed by atoms with E-state index in [1.807, 2.05) is 4.57 Å². The second-order valence-corrected chi connectivity index (χ2v) is 5.89. The van der Waals surface area contributed by atoms with E-state index < -0.39 is 17.9 Å². The number of carboxylic acid groups (broad SMARTS) is 1. The fraction of sp³-hybridized carbons (Fsp3) is 0.643. The van der Waals surface area contributed by atoms with Gasteiger partial charge in [-0.25, -0.2) is 9.78 Å². The third kappa shape index (κ3) is 2.78. The van der Waals surface area contributed by atoms with Crippen molar-refractivity contribution in [2.45, 2.75) is 31.8 Å². The number of primary amides is 1. The second-order valence-electron chi connectivity index (χ2n) is 5.89. The van der Waals surface area contributed by atoms with Crippen molar-refractivity contribution in [2.75, 3.05) is 19.8 Å². The number of carboxylic acids is 1. The zero-order chi connectivity index (χ0) is 15.7. The first-order chi connectivity index (χ1) is 10.6. The van der Waals surface area contributed by atoms with Crippen LogP contribution in [0.4, 0.5) is 4.79 Å². The number of nitrogens with two attached hydrogens (primary N) is 1. The minimum Gasteiger partial charge on any atom is -0.481 e. The van der Waals surface area contributed by atoms with Crippen LogP contribution in [0.15, 0.2) is 6.33 Å². The van der Waals surface area contributed by atoms with Crippen molar-refractivity contribution >= 4 is 12.0 Å². The molecular formula is C14H20N4O4. The van der Waals surface area contributed by atoms with Crippen molar-refractivity contribution in [3.8, 4) is 0 Å². The van der Waals surface area contributed by atoms with Crippen molar-refractivity contribution in [1.29, 1.82) is 0 Å². The lowest BCUT2D eigenvalue weighted by Crippen LogP contribution is -2.44. The number of aromatic nitrogens is 2. The topological polar surface area (TPSA) is 111 Å². The zero-order valence-electron chi connectivity index (χ0n) is 12.3. The van der Waals surface area contributed by atoms with Gasteiger partial charge in [0.05, 0.1) is 24.3 Å². The lowest BCUT2D eigenvalue weighted by molar-refractivity contribution is -0.139. The minimum absolute atomic E-state index is 0.0944. The average Bonchev–Trinajstić information content (AvgIpc) is 2.90. The lowest BCUT2D eigenvalue weighted by atomic mass is 9.96. The fourth-order valence-corrected chi connectivity index (χ4v) is 3.22. The molecule has 3 rings (SSSR count). The van der Waals surface area contributed by atoms with E-state index in [1.165, 1.54) is 4.90 Å². The van der Waals surface area contributed by atoms with Crippen molar-refractivity contribution in [3.05, 3.63) is 17.7 Å². The molecule has 1 fully saturated rings. The van der Waals surface area contributed by atoms with Crippen LogP contribution in [0.3, 0.4) is 0 Å². The lowest BCUT2D eigenvalue weighted by Gasteiger charge is -2.31. The number of fused-ring (bicyclic) bond motifs is 1. The molecule has 1 atom stereocenters. The molecular weight excluding hydrogens is 288 g/mol. The van der Waals surface area contributed by atoms with E-state index in [-0.39, 0.29) is 13.1 Å². The molecule has 3 N–H and O–H groups in total. The van der Waals surface area contributed by atoms with Crippen LogP contribution in [0.5, 0.6) is 0 Å². The third-order valence-corrected chi connectivity index (χ3v) is 4.44. The molecule has 2 amide bonds. The van der Waals surface area contributed by atoms with Crippen LogP contribution in [0.1, 0.15) is 30.1 Å². The number of ether oxygens (including phenoxy) is 1. The third-order valence-electron chi connectivity index (χ3n) is 4.44. The van der Waals surface area contributed by atoms with Gasteiger partial charge in [0.15, 0.2) is 0 Å². The van der Waals surface area contributed by atoms with Crippen molar-refractivity contribution in [3.63, 3.8) is 0 Å². The molecule has 0 unspecified atom stereocenters. The number of hydrogen-bond donors (Lipinski definition) is 2. The van der Waals surface area contributed by atoms with E-state index >= 15 is 0 Å². The predicted molar refractivity (Wildman–Crippen MR) is 76.1 cm³/mol. The number of carbonyl (C=O) groups excluding carboxylic acids is 1. The Labute approximate surface area is 127 Å². The molecule has 0 aromatic carbocycles. The molecule has 22 heavy (non-hydrogen) atoms. The molecule has 1 saturated heterocycles. The summed E-state index contributed by atoms with van der Waals surface area (Å²) in [6, 6.07) is -0.615. The molecule has 0 spiro atoms. The maximum absolute atomic E-state index is 11.6. The number of rotatable bonds is 3. The molecule has 0 bridgehead atoms. The Morgan fingerprint density at radius 2 is 2.14 bits per heavy atom. The number of urea groups is 1. The van der Waals surface area contributed by atoms with Gasteiger partial charge in [0.25, 0.3) is 0 Å². The summed E-state index contributed by atoms with van der Waals surface area (Å²) in [7, 11) is 0. The van der Waals surface area contributed by atoms with Gasteiger partial charge >= 0.3 is 12.0 Å². The molecule has 0 radical (unpaired) electrons. The highest BCUT2D eigenvalue weighted by atomic mass is 16.5. The van der Waals surface area contributed by atoms with Crippen LogP contribution in [-0.2, 0) is 22.6 Å². The Balaban J connectivity index is 1.86.